The molecule has 96 valence electrons. The van der Waals surface area contributed by atoms with Gasteiger partial charge in [0.25, 0.3) is 0 Å². The van der Waals surface area contributed by atoms with Crippen molar-refractivity contribution in [2.24, 2.45) is 5.73 Å². The van der Waals surface area contributed by atoms with Crippen LogP contribution in [0.2, 0.25) is 0 Å². The average Bonchev–Trinajstić information content (AvgIpc) is 2.81. The molecular weight excluding hydrogens is 243 g/mol. The maximum absolute atomic E-state index is 12.8. The summed E-state index contributed by atoms with van der Waals surface area (Å²) in [4.78, 5) is 0. The third kappa shape index (κ3) is 2.73. The van der Waals surface area contributed by atoms with Gasteiger partial charge in [0.05, 0.1) is 18.1 Å². The lowest BCUT2D eigenvalue weighted by molar-refractivity contribution is -0.138. The third-order valence-corrected chi connectivity index (χ3v) is 2.73. The van der Waals surface area contributed by atoms with Crippen molar-refractivity contribution < 1.29 is 17.6 Å². The Morgan fingerprint density at radius 3 is 2.50 bits per heavy atom. The zero-order chi connectivity index (χ0) is 13.2. The lowest BCUT2D eigenvalue weighted by Crippen LogP contribution is -2.16. The highest BCUT2D eigenvalue weighted by Gasteiger charge is 2.33. The molecule has 2 nitrogen and oxygen atoms in total. The Hall–Kier alpha value is -1.75. The van der Waals surface area contributed by atoms with E-state index in [0.717, 1.165) is 6.07 Å². The SMILES string of the molecule is NC(Cc1ccccc1C(F)(F)F)c1ccoc1. The summed E-state index contributed by atoms with van der Waals surface area (Å²) in [6.45, 7) is 0. The van der Waals surface area contributed by atoms with Crippen LogP contribution in [0.5, 0.6) is 0 Å². The van der Waals surface area contributed by atoms with Gasteiger partial charge in [-0.2, -0.15) is 13.2 Å². The van der Waals surface area contributed by atoms with Crippen LogP contribution < -0.4 is 5.73 Å². The van der Waals surface area contributed by atoms with Crippen molar-refractivity contribution in [3.63, 3.8) is 0 Å². The zero-order valence-corrected chi connectivity index (χ0v) is 9.45. The molecule has 1 atom stereocenters. The molecule has 0 radical (unpaired) electrons. The number of halogens is 3. The molecule has 0 bridgehead atoms. The highest BCUT2D eigenvalue weighted by molar-refractivity contribution is 5.31. The highest BCUT2D eigenvalue weighted by atomic mass is 19.4. The van der Waals surface area contributed by atoms with Crippen molar-refractivity contribution in [3.8, 4) is 0 Å². The number of hydrogen-bond acceptors (Lipinski definition) is 2. The van der Waals surface area contributed by atoms with Crippen molar-refractivity contribution in [2.75, 3.05) is 0 Å². The summed E-state index contributed by atoms with van der Waals surface area (Å²) in [6, 6.07) is 6.61. The van der Waals surface area contributed by atoms with Crippen molar-refractivity contribution in [2.45, 2.75) is 18.6 Å². The quantitative estimate of drug-likeness (QED) is 0.911. The Kier molecular flexibility index (Phi) is 3.43. The first-order valence-corrected chi connectivity index (χ1v) is 5.41. The molecule has 0 aliphatic rings. The van der Waals surface area contributed by atoms with E-state index in [1.165, 1.54) is 24.7 Å². The molecule has 1 unspecified atom stereocenters. The summed E-state index contributed by atoms with van der Waals surface area (Å²) in [5.74, 6) is 0. The lowest BCUT2D eigenvalue weighted by atomic mass is 9.97. The van der Waals surface area contributed by atoms with Gasteiger partial charge in [0.15, 0.2) is 0 Å². The summed E-state index contributed by atoms with van der Waals surface area (Å²) in [6.07, 6.45) is -1.34. The second kappa shape index (κ2) is 4.86. The van der Waals surface area contributed by atoms with Gasteiger partial charge in [0.1, 0.15) is 0 Å². The summed E-state index contributed by atoms with van der Waals surface area (Å²) >= 11 is 0. The van der Waals surface area contributed by atoms with Gasteiger partial charge in [0, 0.05) is 11.6 Å². The van der Waals surface area contributed by atoms with Crippen molar-refractivity contribution in [1.82, 2.24) is 0 Å². The smallest absolute Gasteiger partial charge is 0.416 e. The van der Waals surface area contributed by atoms with Gasteiger partial charge in [-0.25, -0.2) is 0 Å². The Morgan fingerprint density at radius 1 is 1.17 bits per heavy atom. The standard InChI is InChI=1S/C13H12F3NO/c14-13(15,16)11-4-2-1-3-9(11)7-12(17)10-5-6-18-8-10/h1-6,8,12H,7,17H2. The topological polar surface area (TPSA) is 39.2 Å². The van der Waals surface area contributed by atoms with Crippen molar-refractivity contribution >= 4 is 0 Å². The van der Waals surface area contributed by atoms with Crippen LogP contribution in [-0.2, 0) is 12.6 Å². The minimum Gasteiger partial charge on any atom is -0.472 e. The Balaban J connectivity index is 2.24. The van der Waals surface area contributed by atoms with E-state index in [0.29, 0.717) is 5.56 Å². The number of rotatable bonds is 3. The van der Waals surface area contributed by atoms with Gasteiger partial charge in [-0.3, -0.25) is 0 Å². The Bertz CT molecular complexity index is 505. The van der Waals surface area contributed by atoms with Crippen LogP contribution in [0.4, 0.5) is 13.2 Å². The van der Waals surface area contributed by atoms with E-state index in [1.54, 1.807) is 12.1 Å². The molecule has 1 aromatic carbocycles. The lowest BCUT2D eigenvalue weighted by Gasteiger charge is -2.15. The Labute approximate surface area is 102 Å². The number of hydrogen-bond donors (Lipinski definition) is 1. The zero-order valence-electron chi connectivity index (χ0n) is 9.45. The molecule has 18 heavy (non-hydrogen) atoms. The average molecular weight is 255 g/mol. The Morgan fingerprint density at radius 2 is 1.89 bits per heavy atom. The normalized spacial score (nSPS) is 13.6. The maximum atomic E-state index is 12.8. The van der Waals surface area contributed by atoms with E-state index in [-0.39, 0.29) is 12.0 Å². The maximum Gasteiger partial charge on any atom is 0.416 e. The molecule has 0 saturated carbocycles. The largest absolute Gasteiger partial charge is 0.472 e. The first-order chi connectivity index (χ1) is 8.48. The van der Waals surface area contributed by atoms with Crippen LogP contribution in [-0.4, -0.2) is 0 Å². The number of alkyl halides is 3. The van der Waals surface area contributed by atoms with Crippen LogP contribution in [0, 0.1) is 0 Å². The number of benzene rings is 1. The molecule has 0 saturated heterocycles. The van der Waals surface area contributed by atoms with Crippen LogP contribution in [0.3, 0.4) is 0 Å². The van der Waals surface area contributed by atoms with E-state index in [2.05, 4.69) is 0 Å². The predicted molar refractivity (Wildman–Crippen MR) is 60.8 cm³/mol. The molecule has 0 spiro atoms. The molecule has 0 aliphatic heterocycles. The highest BCUT2D eigenvalue weighted by Crippen LogP contribution is 2.33. The van der Waals surface area contributed by atoms with Gasteiger partial charge in [-0.05, 0) is 24.1 Å². The molecule has 2 N–H and O–H groups in total. The summed E-state index contributed by atoms with van der Waals surface area (Å²) in [5.41, 5.74) is 6.10. The minimum atomic E-state index is -4.35. The van der Waals surface area contributed by atoms with Gasteiger partial charge in [0.2, 0.25) is 0 Å². The minimum absolute atomic E-state index is 0.120. The van der Waals surface area contributed by atoms with E-state index in [9.17, 15) is 13.2 Å². The van der Waals surface area contributed by atoms with Crippen molar-refractivity contribution in [3.05, 3.63) is 59.5 Å². The van der Waals surface area contributed by atoms with Crippen LogP contribution in [0.25, 0.3) is 0 Å². The van der Waals surface area contributed by atoms with E-state index >= 15 is 0 Å². The fraction of sp³-hybridized carbons (Fsp3) is 0.231. The van der Waals surface area contributed by atoms with Crippen molar-refractivity contribution in [1.29, 1.82) is 0 Å². The first kappa shape index (κ1) is 12.7. The number of nitrogens with two attached hydrogens (primary N) is 1. The van der Waals surface area contributed by atoms with E-state index in [1.807, 2.05) is 0 Å². The van der Waals surface area contributed by atoms with Crippen LogP contribution >= 0.6 is 0 Å². The molecule has 0 aliphatic carbocycles. The molecule has 0 fully saturated rings. The molecular formula is C13H12F3NO. The predicted octanol–water partition coefficient (Wildman–Crippen LogP) is 3.54. The molecule has 0 amide bonds. The van der Waals surface area contributed by atoms with E-state index < -0.39 is 17.8 Å². The fourth-order valence-corrected chi connectivity index (χ4v) is 1.82. The van der Waals surface area contributed by atoms with Crippen LogP contribution in [0.1, 0.15) is 22.7 Å². The van der Waals surface area contributed by atoms with Gasteiger partial charge < -0.3 is 10.2 Å². The summed E-state index contributed by atoms with van der Waals surface area (Å²) in [5, 5.41) is 0. The van der Waals surface area contributed by atoms with E-state index in [4.69, 9.17) is 10.2 Å². The molecule has 2 aromatic rings. The first-order valence-electron chi connectivity index (χ1n) is 5.41. The third-order valence-electron chi connectivity index (χ3n) is 2.73. The summed E-state index contributed by atoms with van der Waals surface area (Å²) in [7, 11) is 0. The monoisotopic (exact) mass is 255 g/mol. The molecule has 2 rings (SSSR count). The second-order valence-electron chi connectivity index (χ2n) is 4.02. The molecule has 1 aromatic heterocycles. The van der Waals surface area contributed by atoms with Gasteiger partial charge in [-0.1, -0.05) is 18.2 Å². The number of furan rings is 1. The van der Waals surface area contributed by atoms with Gasteiger partial charge in [-0.15, -0.1) is 0 Å². The second-order valence-corrected chi connectivity index (χ2v) is 4.02. The van der Waals surface area contributed by atoms with Crippen LogP contribution in [0.15, 0.2) is 47.3 Å². The fourth-order valence-electron chi connectivity index (χ4n) is 1.82. The molecule has 5 heteroatoms. The van der Waals surface area contributed by atoms with Gasteiger partial charge >= 0.3 is 6.18 Å². The summed E-state index contributed by atoms with van der Waals surface area (Å²) < 4.78 is 43.2. The molecule has 1 heterocycles.